The van der Waals surface area contributed by atoms with Gasteiger partial charge in [-0.2, -0.15) is 0 Å². The average molecular weight is 316 g/mol. The largest absolute Gasteiger partial charge is 0.489 e. The molecule has 1 saturated carbocycles. The molecule has 2 aliphatic heterocycles. The summed E-state index contributed by atoms with van der Waals surface area (Å²) in [4.78, 5) is 18.9. The van der Waals surface area contributed by atoms with Crippen molar-refractivity contribution in [1.82, 2.24) is 20.7 Å². The predicted octanol–water partition coefficient (Wildman–Crippen LogP) is 0.952. The second-order valence-corrected chi connectivity index (χ2v) is 6.75. The van der Waals surface area contributed by atoms with Gasteiger partial charge in [-0.1, -0.05) is 0 Å². The molecule has 1 aliphatic carbocycles. The highest BCUT2D eigenvalue weighted by atomic mass is 16.5. The van der Waals surface area contributed by atoms with Gasteiger partial charge in [0.05, 0.1) is 12.1 Å². The summed E-state index contributed by atoms with van der Waals surface area (Å²) >= 11 is 0. The summed E-state index contributed by atoms with van der Waals surface area (Å²) in [6.45, 7) is 3.61. The second-order valence-electron chi connectivity index (χ2n) is 6.75. The van der Waals surface area contributed by atoms with E-state index in [9.17, 15) is 4.79 Å². The highest BCUT2D eigenvalue weighted by molar-refractivity contribution is 5.81. The number of hydrogen-bond donors (Lipinski definition) is 2. The van der Waals surface area contributed by atoms with Crippen molar-refractivity contribution in [2.24, 2.45) is 11.8 Å². The molecule has 5 unspecified atom stereocenters. The maximum atomic E-state index is 12.8. The predicted molar refractivity (Wildman–Crippen MR) is 85.6 cm³/mol. The average Bonchev–Trinajstić information content (AvgIpc) is 3.06. The Kier molecular flexibility index (Phi) is 3.95. The third-order valence-corrected chi connectivity index (χ3v) is 5.58. The van der Waals surface area contributed by atoms with Gasteiger partial charge in [-0.25, -0.2) is 0 Å². The summed E-state index contributed by atoms with van der Waals surface area (Å²) in [5, 5.41) is 0. The molecule has 0 spiro atoms. The van der Waals surface area contributed by atoms with Gasteiger partial charge in [0, 0.05) is 37.8 Å². The summed E-state index contributed by atoms with van der Waals surface area (Å²) in [5.74, 6) is 1.71. The number of amides is 1. The lowest BCUT2D eigenvalue weighted by atomic mass is 9.71. The fourth-order valence-corrected chi connectivity index (χ4v) is 4.55. The van der Waals surface area contributed by atoms with Crippen molar-refractivity contribution in [3.8, 4) is 5.75 Å². The minimum atomic E-state index is 0.0898. The Bertz CT molecular complexity index is 567. The molecule has 3 fully saturated rings. The third kappa shape index (κ3) is 2.60. The minimum Gasteiger partial charge on any atom is -0.489 e. The maximum Gasteiger partial charge on any atom is 0.228 e. The smallest absolute Gasteiger partial charge is 0.228 e. The van der Waals surface area contributed by atoms with E-state index in [-0.39, 0.29) is 24.1 Å². The van der Waals surface area contributed by atoms with Gasteiger partial charge in [0.1, 0.15) is 11.9 Å². The highest BCUT2D eigenvalue weighted by Gasteiger charge is 2.51. The number of hydrogen-bond acceptors (Lipinski definition) is 5. The van der Waals surface area contributed by atoms with Gasteiger partial charge in [0.2, 0.25) is 5.91 Å². The Labute approximate surface area is 136 Å². The summed E-state index contributed by atoms with van der Waals surface area (Å²) in [6, 6.07) is 4.38. The molecule has 1 aromatic heterocycles. The zero-order valence-corrected chi connectivity index (χ0v) is 13.4. The number of carbonyl (C=O) groups excluding carboxylic acids is 1. The molecule has 2 saturated heterocycles. The van der Waals surface area contributed by atoms with E-state index in [2.05, 4.69) is 27.7 Å². The molecule has 4 rings (SSSR count). The standard InChI is InChI=1S/C17H24N4O2/c1-2-21-15-8-11(23-12-4-3-7-18-9-12)5-6-13(15)16-14(17(21)22)10-19-20-16/h3-4,7,9,11,13-16,19-20H,2,5-6,8,10H2,1H3. The Morgan fingerprint density at radius 3 is 3.13 bits per heavy atom. The van der Waals surface area contributed by atoms with Crippen LogP contribution in [0.15, 0.2) is 24.5 Å². The van der Waals surface area contributed by atoms with Gasteiger partial charge in [0.25, 0.3) is 0 Å². The number of likely N-dealkylation sites (tertiary alicyclic amines) is 1. The molecule has 3 heterocycles. The molecular weight excluding hydrogens is 292 g/mol. The summed E-state index contributed by atoms with van der Waals surface area (Å²) in [5.41, 5.74) is 6.54. The minimum absolute atomic E-state index is 0.0898. The van der Waals surface area contributed by atoms with E-state index in [1.807, 2.05) is 12.1 Å². The molecule has 0 radical (unpaired) electrons. The van der Waals surface area contributed by atoms with Crippen molar-refractivity contribution in [2.45, 2.75) is 44.4 Å². The molecule has 1 aromatic rings. The Hall–Kier alpha value is -1.66. The van der Waals surface area contributed by atoms with Crippen LogP contribution in [0.2, 0.25) is 0 Å². The highest BCUT2D eigenvalue weighted by Crippen LogP contribution is 2.40. The first-order valence-corrected chi connectivity index (χ1v) is 8.63. The molecule has 2 N–H and O–H groups in total. The third-order valence-electron chi connectivity index (χ3n) is 5.58. The number of fused-ring (bicyclic) bond motifs is 3. The number of nitrogens with one attached hydrogen (secondary N) is 2. The number of pyridine rings is 1. The van der Waals surface area contributed by atoms with Crippen molar-refractivity contribution >= 4 is 5.91 Å². The van der Waals surface area contributed by atoms with Crippen molar-refractivity contribution in [2.75, 3.05) is 13.1 Å². The van der Waals surface area contributed by atoms with Crippen LogP contribution in [0.25, 0.3) is 0 Å². The number of hydrazine groups is 1. The van der Waals surface area contributed by atoms with E-state index in [4.69, 9.17) is 4.74 Å². The number of rotatable bonds is 3. The van der Waals surface area contributed by atoms with Crippen molar-refractivity contribution in [1.29, 1.82) is 0 Å². The van der Waals surface area contributed by atoms with Gasteiger partial charge >= 0.3 is 0 Å². The molecule has 23 heavy (non-hydrogen) atoms. The second kappa shape index (κ2) is 6.09. The van der Waals surface area contributed by atoms with E-state index >= 15 is 0 Å². The van der Waals surface area contributed by atoms with Crippen LogP contribution >= 0.6 is 0 Å². The Morgan fingerprint density at radius 1 is 1.43 bits per heavy atom. The molecule has 1 amide bonds. The van der Waals surface area contributed by atoms with Crippen LogP contribution in [0.3, 0.4) is 0 Å². The van der Waals surface area contributed by atoms with Crippen LogP contribution in [0, 0.1) is 11.8 Å². The SMILES string of the molecule is CCN1C(=O)C2CNNC2C2CCC(Oc3cccnc3)CC21. The Morgan fingerprint density at radius 2 is 2.35 bits per heavy atom. The first-order chi connectivity index (χ1) is 11.3. The lowest BCUT2D eigenvalue weighted by Gasteiger charge is -2.50. The van der Waals surface area contributed by atoms with Gasteiger partial charge in [-0.3, -0.25) is 20.6 Å². The van der Waals surface area contributed by atoms with Crippen LogP contribution in [0.5, 0.6) is 5.75 Å². The van der Waals surface area contributed by atoms with Gasteiger partial charge in [0.15, 0.2) is 0 Å². The van der Waals surface area contributed by atoms with Crippen LogP contribution in [-0.2, 0) is 4.79 Å². The van der Waals surface area contributed by atoms with Crippen molar-refractivity contribution in [3.63, 3.8) is 0 Å². The monoisotopic (exact) mass is 316 g/mol. The fourth-order valence-electron chi connectivity index (χ4n) is 4.55. The first-order valence-electron chi connectivity index (χ1n) is 8.63. The molecule has 0 bridgehead atoms. The van der Waals surface area contributed by atoms with Gasteiger partial charge < -0.3 is 9.64 Å². The number of carbonyl (C=O) groups is 1. The maximum absolute atomic E-state index is 12.8. The van der Waals surface area contributed by atoms with E-state index < -0.39 is 0 Å². The lowest BCUT2D eigenvalue weighted by molar-refractivity contribution is -0.147. The molecule has 6 nitrogen and oxygen atoms in total. The zero-order valence-electron chi connectivity index (χ0n) is 13.4. The molecule has 5 atom stereocenters. The fraction of sp³-hybridized carbons (Fsp3) is 0.647. The lowest BCUT2D eigenvalue weighted by Crippen LogP contribution is -2.62. The number of aromatic nitrogens is 1. The van der Waals surface area contributed by atoms with Crippen LogP contribution in [0.1, 0.15) is 26.2 Å². The topological polar surface area (TPSA) is 66.5 Å². The van der Waals surface area contributed by atoms with Gasteiger partial charge in [-0.05, 0) is 37.8 Å². The molecule has 3 aliphatic rings. The van der Waals surface area contributed by atoms with Crippen molar-refractivity contribution in [3.05, 3.63) is 24.5 Å². The van der Waals surface area contributed by atoms with Crippen LogP contribution in [0.4, 0.5) is 0 Å². The summed E-state index contributed by atoms with van der Waals surface area (Å²) in [6.07, 6.45) is 6.70. The zero-order chi connectivity index (χ0) is 15.8. The van der Waals surface area contributed by atoms with E-state index in [0.717, 1.165) is 38.1 Å². The number of nitrogens with zero attached hydrogens (tertiary/aromatic N) is 2. The van der Waals surface area contributed by atoms with E-state index in [1.54, 1.807) is 12.4 Å². The summed E-state index contributed by atoms with van der Waals surface area (Å²) in [7, 11) is 0. The first kappa shape index (κ1) is 14.9. The number of piperidine rings is 1. The number of ether oxygens (including phenoxy) is 1. The quantitative estimate of drug-likeness (QED) is 0.869. The molecule has 124 valence electrons. The molecule has 0 aromatic carbocycles. The molecule has 6 heteroatoms. The molecular formula is C17H24N4O2. The van der Waals surface area contributed by atoms with Crippen LogP contribution < -0.4 is 15.6 Å². The normalized spacial score (nSPS) is 36.5. The van der Waals surface area contributed by atoms with Gasteiger partial charge in [-0.15, -0.1) is 0 Å². The van der Waals surface area contributed by atoms with E-state index in [0.29, 0.717) is 11.8 Å². The van der Waals surface area contributed by atoms with Crippen molar-refractivity contribution < 1.29 is 9.53 Å². The summed E-state index contributed by atoms with van der Waals surface area (Å²) < 4.78 is 6.11. The van der Waals surface area contributed by atoms with Crippen LogP contribution in [-0.4, -0.2) is 47.1 Å². The van der Waals surface area contributed by atoms with E-state index in [1.165, 1.54) is 0 Å². The Balaban J connectivity index is 1.51.